The van der Waals surface area contributed by atoms with Crippen LogP contribution in [0.25, 0.3) is 0 Å². The number of hydrogen-bond donors (Lipinski definition) is 0. The molecule has 5 nitrogen and oxygen atoms in total. The first kappa shape index (κ1) is 17.8. The van der Waals surface area contributed by atoms with Gasteiger partial charge in [0.25, 0.3) is 0 Å². The number of sulfone groups is 1. The third-order valence-electron chi connectivity index (χ3n) is 6.41. The number of piperidine rings is 1. The summed E-state index contributed by atoms with van der Waals surface area (Å²) in [5.41, 5.74) is 1.37. The Hall–Kier alpha value is -1.56. The van der Waals surface area contributed by atoms with Crippen molar-refractivity contribution in [2.75, 3.05) is 26.2 Å². The number of fused-ring (bicyclic) bond motifs is 2. The van der Waals surface area contributed by atoms with E-state index in [0.29, 0.717) is 25.4 Å². The Morgan fingerprint density at radius 1 is 0.885 bits per heavy atom. The fourth-order valence-electron chi connectivity index (χ4n) is 4.76. The van der Waals surface area contributed by atoms with Gasteiger partial charge in [-0.25, -0.2) is 13.2 Å². The molecule has 26 heavy (non-hydrogen) atoms. The quantitative estimate of drug-likeness (QED) is 0.797. The van der Waals surface area contributed by atoms with E-state index in [1.54, 1.807) is 4.90 Å². The molecule has 2 atom stereocenters. The van der Waals surface area contributed by atoms with E-state index < -0.39 is 9.84 Å². The number of carbonyl (C=O) groups is 1. The summed E-state index contributed by atoms with van der Waals surface area (Å²) < 4.78 is 24.8. The highest BCUT2D eigenvalue weighted by molar-refractivity contribution is 7.93. The van der Waals surface area contributed by atoms with E-state index in [2.05, 4.69) is 24.3 Å². The molecule has 3 fully saturated rings. The average molecular weight is 377 g/mol. The summed E-state index contributed by atoms with van der Waals surface area (Å²) in [6.07, 6.45) is 5.23. The van der Waals surface area contributed by atoms with Crippen molar-refractivity contribution in [2.45, 2.75) is 49.0 Å². The van der Waals surface area contributed by atoms with Crippen LogP contribution in [0, 0.1) is 5.92 Å². The van der Waals surface area contributed by atoms with E-state index in [1.165, 1.54) is 5.56 Å². The van der Waals surface area contributed by atoms with Gasteiger partial charge in [0.15, 0.2) is 9.84 Å². The van der Waals surface area contributed by atoms with Gasteiger partial charge in [0.1, 0.15) is 0 Å². The van der Waals surface area contributed by atoms with Crippen LogP contribution in [-0.2, 0) is 16.3 Å². The van der Waals surface area contributed by atoms with Crippen molar-refractivity contribution in [2.24, 2.45) is 5.92 Å². The van der Waals surface area contributed by atoms with Crippen LogP contribution in [0.2, 0.25) is 0 Å². The maximum absolute atomic E-state index is 12.9. The van der Waals surface area contributed by atoms with Crippen LogP contribution in [0.4, 0.5) is 4.79 Å². The minimum atomic E-state index is -3.02. The third kappa shape index (κ3) is 3.48. The lowest BCUT2D eigenvalue weighted by atomic mass is 9.90. The van der Waals surface area contributed by atoms with E-state index >= 15 is 0 Å². The van der Waals surface area contributed by atoms with Gasteiger partial charge < -0.3 is 9.80 Å². The van der Waals surface area contributed by atoms with Crippen molar-refractivity contribution in [3.63, 3.8) is 0 Å². The van der Waals surface area contributed by atoms with E-state index in [-0.39, 0.29) is 16.5 Å². The zero-order chi connectivity index (χ0) is 18.1. The van der Waals surface area contributed by atoms with Gasteiger partial charge in [0, 0.05) is 26.2 Å². The van der Waals surface area contributed by atoms with Crippen LogP contribution in [0.5, 0.6) is 0 Å². The van der Waals surface area contributed by atoms with E-state index in [0.717, 1.165) is 45.2 Å². The van der Waals surface area contributed by atoms with Crippen molar-refractivity contribution >= 4 is 15.9 Å². The summed E-state index contributed by atoms with van der Waals surface area (Å²) in [4.78, 5) is 16.7. The highest BCUT2D eigenvalue weighted by Gasteiger charge is 2.45. The molecule has 3 aliphatic heterocycles. The zero-order valence-electron chi connectivity index (χ0n) is 15.2. The van der Waals surface area contributed by atoms with Crippen molar-refractivity contribution < 1.29 is 13.2 Å². The minimum Gasteiger partial charge on any atom is -0.325 e. The molecule has 0 spiro atoms. The molecule has 3 saturated heterocycles. The molecule has 1 aromatic rings. The van der Waals surface area contributed by atoms with E-state index in [9.17, 15) is 13.2 Å². The van der Waals surface area contributed by atoms with Crippen LogP contribution in [0.3, 0.4) is 0 Å². The second-order valence-electron chi connectivity index (χ2n) is 8.05. The molecule has 2 unspecified atom stereocenters. The molecule has 0 N–H and O–H groups in total. The summed E-state index contributed by atoms with van der Waals surface area (Å²) >= 11 is 0. The van der Waals surface area contributed by atoms with Gasteiger partial charge in [0.2, 0.25) is 0 Å². The Kier molecular flexibility index (Phi) is 4.95. The number of likely N-dealkylation sites (tertiary alicyclic amines) is 2. The van der Waals surface area contributed by atoms with Crippen molar-refractivity contribution in [1.29, 1.82) is 0 Å². The topological polar surface area (TPSA) is 57.7 Å². The molecule has 2 bridgehead atoms. The maximum Gasteiger partial charge on any atom is 0.320 e. The lowest BCUT2D eigenvalue weighted by Crippen LogP contribution is -2.49. The Morgan fingerprint density at radius 3 is 2.27 bits per heavy atom. The summed E-state index contributed by atoms with van der Waals surface area (Å²) in [6.45, 7) is 2.55. The van der Waals surface area contributed by atoms with Gasteiger partial charge in [-0.3, -0.25) is 0 Å². The first-order valence-electron chi connectivity index (χ1n) is 9.84. The van der Waals surface area contributed by atoms with Crippen LogP contribution >= 0.6 is 0 Å². The van der Waals surface area contributed by atoms with Crippen molar-refractivity contribution in [3.8, 4) is 0 Å². The summed E-state index contributed by atoms with van der Waals surface area (Å²) in [5.74, 6) is 0.627. The van der Waals surface area contributed by atoms with Crippen LogP contribution in [-0.4, -0.2) is 60.9 Å². The van der Waals surface area contributed by atoms with Crippen molar-refractivity contribution in [3.05, 3.63) is 35.9 Å². The molecule has 0 aromatic heterocycles. The number of urea groups is 1. The number of nitrogens with zero attached hydrogens (tertiary/aromatic N) is 2. The number of carbonyl (C=O) groups excluding carboxylic acids is 1. The van der Waals surface area contributed by atoms with Gasteiger partial charge in [-0.1, -0.05) is 30.3 Å². The molecule has 3 aliphatic rings. The van der Waals surface area contributed by atoms with Gasteiger partial charge in [-0.05, 0) is 50.0 Å². The monoisotopic (exact) mass is 376 g/mol. The highest BCUT2D eigenvalue weighted by atomic mass is 32.2. The minimum absolute atomic E-state index is 0.0471. The molecule has 0 radical (unpaired) electrons. The van der Waals surface area contributed by atoms with Crippen molar-refractivity contribution in [1.82, 2.24) is 9.80 Å². The second-order valence-corrected chi connectivity index (χ2v) is 10.6. The predicted octanol–water partition coefficient (Wildman–Crippen LogP) is 2.71. The van der Waals surface area contributed by atoms with E-state index in [1.807, 2.05) is 11.0 Å². The fourth-order valence-corrected chi connectivity index (χ4v) is 7.06. The molecular formula is C20H28N2O3S. The number of hydrogen-bond acceptors (Lipinski definition) is 3. The average Bonchev–Trinajstić information content (AvgIpc) is 2.83. The zero-order valence-corrected chi connectivity index (χ0v) is 16.0. The highest BCUT2D eigenvalue weighted by Crippen LogP contribution is 2.33. The van der Waals surface area contributed by atoms with Gasteiger partial charge in [0.05, 0.1) is 10.5 Å². The molecule has 4 rings (SSSR count). The Labute approximate surface area is 156 Å². The number of benzene rings is 1. The molecule has 1 aromatic carbocycles. The number of amides is 2. The largest absolute Gasteiger partial charge is 0.325 e. The van der Waals surface area contributed by atoms with Crippen LogP contribution in [0.15, 0.2) is 30.3 Å². The third-order valence-corrected chi connectivity index (χ3v) is 9.12. The molecule has 142 valence electrons. The first-order valence-corrected chi connectivity index (χ1v) is 11.5. The summed E-state index contributed by atoms with van der Waals surface area (Å²) in [5, 5.41) is -0.559. The normalized spacial score (nSPS) is 28.8. The SMILES string of the molecule is O=C(N1CCC(Cc2ccccc2)CC1)N1CCC2CCC(C1)S2(=O)=O. The van der Waals surface area contributed by atoms with E-state index in [4.69, 9.17) is 0 Å². The number of rotatable bonds is 2. The molecule has 3 heterocycles. The maximum atomic E-state index is 12.9. The molecular weight excluding hydrogens is 348 g/mol. The fraction of sp³-hybridized carbons (Fsp3) is 0.650. The van der Waals surface area contributed by atoms with Crippen LogP contribution in [0.1, 0.15) is 37.7 Å². The Balaban J connectivity index is 1.32. The lowest BCUT2D eigenvalue weighted by Gasteiger charge is -2.36. The summed E-state index contributed by atoms with van der Waals surface area (Å²) in [6, 6.07) is 10.6. The van der Waals surface area contributed by atoms with Gasteiger partial charge >= 0.3 is 6.03 Å². The molecule has 6 heteroatoms. The predicted molar refractivity (Wildman–Crippen MR) is 102 cm³/mol. The standard InChI is InChI=1S/C20H28N2O3S/c23-20(22-13-10-18-6-7-19(15-22)26(18,24)25)21-11-8-17(9-12-21)14-16-4-2-1-3-5-16/h1-5,17-19H,6-15H2. The van der Waals surface area contributed by atoms with Crippen LogP contribution < -0.4 is 0 Å². The second kappa shape index (κ2) is 7.22. The molecule has 0 saturated carbocycles. The van der Waals surface area contributed by atoms with Gasteiger partial charge in [-0.15, -0.1) is 0 Å². The Bertz CT molecular complexity index is 742. The smallest absolute Gasteiger partial charge is 0.320 e. The van der Waals surface area contributed by atoms with Gasteiger partial charge in [-0.2, -0.15) is 0 Å². The summed E-state index contributed by atoms with van der Waals surface area (Å²) in [7, 11) is -3.02. The molecule has 2 amide bonds. The Morgan fingerprint density at radius 2 is 1.54 bits per heavy atom. The first-order chi connectivity index (χ1) is 12.5. The lowest BCUT2D eigenvalue weighted by molar-refractivity contribution is 0.131. The molecule has 0 aliphatic carbocycles.